The molecule has 6 heteroatoms. The van der Waals surface area contributed by atoms with Crippen molar-refractivity contribution in [3.05, 3.63) is 29.3 Å². The van der Waals surface area contributed by atoms with Gasteiger partial charge in [-0.2, -0.15) is 0 Å². The van der Waals surface area contributed by atoms with Crippen molar-refractivity contribution in [2.75, 3.05) is 32.9 Å². The average molecular weight is 300 g/mol. The third-order valence-corrected chi connectivity index (χ3v) is 3.54. The van der Waals surface area contributed by atoms with Crippen LogP contribution < -0.4 is 4.74 Å². The quantitative estimate of drug-likeness (QED) is 0.869. The zero-order valence-corrected chi connectivity index (χ0v) is 11.9. The SMILES string of the molecule is O=C(O)CC1COCCN1CCOc1ccccc1Cl. The van der Waals surface area contributed by atoms with Crippen LogP contribution in [0.4, 0.5) is 0 Å². The van der Waals surface area contributed by atoms with Crippen LogP contribution in [0.1, 0.15) is 6.42 Å². The molecule has 0 spiro atoms. The Bertz CT molecular complexity index is 455. The van der Waals surface area contributed by atoms with E-state index in [1.165, 1.54) is 0 Å². The molecule has 1 aliphatic heterocycles. The van der Waals surface area contributed by atoms with E-state index in [1.807, 2.05) is 18.2 Å². The maximum absolute atomic E-state index is 10.8. The number of hydrogen-bond acceptors (Lipinski definition) is 4. The number of carbonyl (C=O) groups is 1. The van der Waals surface area contributed by atoms with Crippen LogP contribution in [0, 0.1) is 0 Å². The van der Waals surface area contributed by atoms with Gasteiger partial charge in [0.25, 0.3) is 0 Å². The van der Waals surface area contributed by atoms with Crippen LogP contribution in [-0.4, -0.2) is 54.9 Å². The van der Waals surface area contributed by atoms with Crippen molar-refractivity contribution < 1.29 is 19.4 Å². The number of carboxylic acid groups (broad SMARTS) is 1. The molecule has 1 N–H and O–H groups in total. The van der Waals surface area contributed by atoms with E-state index in [9.17, 15) is 4.79 Å². The number of nitrogens with zero attached hydrogens (tertiary/aromatic N) is 1. The van der Waals surface area contributed by atoms with Crippen LogP contribution in [0.25, 0.3) is 0 Å². The molecule has 0 aliphatic carbocycles. The molecule has 0 bridgehead atoms. The van der Waals surface area contributed by atoms with Crippen LogP contribution in [-0.2, 0) is 9.53 Å². The molecule has 1 aromatic carbocycles. The largest absolute Gasteiger partial charge is 0.491 e. The highest BCUT2D eigenvalue weighted by Gasteiger charge is 2.24. The molecule has 1 atom stereocenters. The van der Waals surface area contributed by atoms with Crippen LogP contribution >= 0.6 is 11.6 Å². The number of hydrogen-bond donors (Lipinski definition) is 1. The predicted molar refractivity (Wildman–Crippen MR) is 75.4 cm³/mol. The van der Waals surface area contributed by atoms with Crippen molar-refractivity contribution in [2.24, 2.45) is 0 Å². The summed E-state index contributed by atoms with van der Waals surface area (Å²) < 4.78 is 11.0. The summed E-state index contributed by atoms with van der Waals surface area (Å²) in [5.74, 6) is -0.158. The molecular formula is C14H18ClNO4. The molecule has 1 aromatic rings. The Morgan fingerprint density at radius 3 is 3.05 bits per heavy atom. The van der Waals surface area contributed by atoms with Crippen LogP contribution in [0.3, 0.4) is 0 Å². The summed E-state index contributed by atoms with van der Waals surface area (Å²) in [6, 6.07) is 7.22. The lowest BCUT2D eigenvalue weighted by atomic mass is 10.1. The number of carboxylic acids is 1. The van der Waals surface area contributed by atoms with Gasteiger partial charge in [-0.1, -0.05) is 23.7 Å². The Balaban J connectivity index is 1.82. The third-order valence-electron chi connectivity index (χ3n) is 3.23. The summed E-state index contributed by atoms with van der Waals surface area (Å²) in [6.45, 7) is 2.94. The van der Waals surface area contributed by atoms with Crippen molar-refractivity contribution in [1.82, 2.24) is 4.90 Å². The van der Waals surface area contributed by atoms with E-state index in [-0.39, 0.29) is 12.5 Å². The minimum atomic E-state index is -0.808. The molecule has 1 unspecified atom stereocenters. The van der Waals surface area contributed by atoms with Crippen LogP contribution in [0.5, 0.6) is 5.75 Å². The third kappa shape index (κ3) is 4.37. The van der Waals surface area contributed by atoms with Gasteiger partial charge in [0.1, 0.15) is 12.4 Å². The number of morpholine rings is 1. The van der Waals surface area contributed by atoms with Gasteiger partial charge in [-0.25, -0.2) is 0 Å². The second-order valence-electron chi connectivity index (χ2n) is 4.64. The molecular weight excluding hydrogens is 282 g/mol. The Morgan fingerprint density at radius 1 is 1.50 bits per heavy atom. The minimum absolute atomic E-state index is 0.0869. The van der Waals surface area contributed by atoms with E-state index in [2.05, 4.69) is 4.90 Å². The fraction of sp³-hybridized carbons (Fsp3) is 0.500. The molecule has 1 heterocycles. The second kappa shape index (κ2) is 7.47. The molecule has 5 nitrogen and oxygen atoms in total. The monoisotopic (exact) mass is 299 g/mol. The van der Waals surface area contributed by atoms with E-state index in [1.54, 1.807) is 6.07 Å². The van der Waals surface area contributed by atoms with Crippen molar-refractivity contribution in [2.45, 2.75) is 12.5 Å². The highest BCUT2D eigenvalue weighted by molar-refractivity contribution is 6.32. The van der Waals surface area contributed by atoms with Gasteiger partial charge in [0.05, 0.1) is 24.7 Å². The normalized spacial score (nSPS) is 19.8. The summed E-state index contributed by atoms with van der Waals surface area (Å²) in [6.07, 6.45) is 0.0894. The number of aliphatic carboxylic acids is 1. The van der Waals surface area contributed by atoms with E-state index in [0.717, 1.165) is 6.54 Å². The molecule has 1 saturated heterocycles. The van der Waals surface area contributed by atoms with Crippen molar-refractivity contribution in [3.8, 4) is 5.75 Å². The summed E-state index contributed by atoms with van der Waals surface area (Å²) in [5, 5.41) is 9.47. The van der Waals surface area contributed by atoms with Gasteiger partial charge in [-0.15, -0.1) is 0 Å². The van der Waals surface area contributed by atoms with Crippen molar-refractivity contribution in [3.63, 3.8) is 0 Å². The minimum Gasteiger partial charge on any atom is -0.491 e. The van der Waals surface area contributed by atoms with Gasteiger partial charge < -0.3 is 14.6 Å². The van der Waals surface area contributed by atoms with E-state index in [4.69, 9.17) is 26.2 Å². The molecule has 110 valence electrons. The number of ether oxygens (including phenoxy) is 2. The number of benzene rings is 1. The van der Waals surface area contributed by atoms with Gasteiger partial charge in [-0.3, -0.25) is 9.69 Å². The molecule has 0 aromatic heterocycles. The Labute approximate surface area is 123 Å². The highest BCUT2D eigenvalue weighted by atomic mass is 35.5. The van der Waals surface area contributed by atoms with Crippen molar-refractivity contribution in [1.29, 1.82) is 0 Å². The molecule has 0 saturated carbocycles. The first kappa shape index (κ1) is 15.1. The Kier molecular flexibility index (Phi) is 5.64. The van der Waals surface area contributed by atoms with Crippen LogP contribution in [0.15, 0.2) is 24.3 Å². The highest BCUT2D eigenvalue weighted by Crippen LogP contribution is 2.23. The molecule has 1 fully saturated rings. The summed E-state index contributed by atoms with van der Waals surface area (Å²) in [5.41, 5.74) is 0. The zero-order valence-electron chi connectivity index (χ0n) is 11.1. The molecule has 2 rings (SSSR count). The van der Waals surface area contributed by atoms with Gasteiger partial charge in [-0.05, 0) is 12.1 Å². The van der Waals surface area contributed by atoms with Gasteiger partial charge in [0.15, 0.2) is 0 Å². The fourth-order valence-electron chi connectivity index (χ4n) is 2.21. The van der Waals surface area contributed by atoms with Gasteiger partial charge >= 0.3 is 5.97 Å². The number of para-hydroxylation sites is 1. The van der Waals surface area contributed by atoms with Gasteiger partial charge in [0, 0.05) is 19.1 Å². The molecule has 1 aliphatic rings. The summed E-state index contributed by atoms with van der Waals surface area (Å²) >= 11 is 6.01. The lowest BCUT2D eigenvalue weighted by molar-refractivity contribution is -0.140. The average Bonchev–Trinajstić information content (AvgIpc) is 2.42. The molecule has 20 heavy (non-hydrogen) atoms. The molecule has 0 radical (unpaired) electrons. The number of halogens is 1. The smallest absolute Gasteiger partial charge is 0.305 e. The van der Waals surface area contributed by atoms with Gasteiger partial charge in [0.2, 0.25) is 0 Å². The maximum Gasteiger partial charge on any atom is 0.305 e. The van der Waals surface area contributed by atoms with E-state index in [0.29, 0.717) is 37.1 Å². The molecule has 0 amide bonds. The zero-order chi connectivity index (χ0) is 14.4. The lowest BCUT2D eigenvalue weighted by Crippen LogP contribution is -2.47. The Hall–Kier alpha value is -1.30. The first-order valence-corrected chi connectivity index (χ1v) is 6.95. The first-order valence-electron chi connectivity index (χ1n) is 6.57. The maximum atomic E-state index is 10.8. The summed E-state index contributed by atoms with van der Waals surface area (Å²) in [4.78, 5) is 12.9. The van der Waals surface area contributed by atoms with E-state index < -0.39 is 5.97 Å². The standard InChI is InChI=1S/C14H18ClNO4/c15-12-3-1-2-4-13(12)20-8-6-16-5-7-19-10-11(16)9-14(17)18/h1-4,11H,5-10H2,(H,17,18). The number of rotatable bonds is 6. The second-order valence-corrected chi connectivity index (χ2v) is 5.05. The Morgan fingerprint density at radius 2 is 2.30 bits per heavy atom. The summed E-state index contributed by atoms with van der Waals surface area (Å²) in [7, 11) is 0. The lowest BCUT2D eigenvalue weighted by Gasteiger charge is -2.34. The fourth-order valence-corrected chi connectivity index (χ4v) is 2.40. The van der Waals surface area contributed by atoms with E-state index >= 15 is 0 Å². The topological polar surface area (TPSA) is 59.0 Å². The first-order chi connectivity index (χ1) is 9.66. The predicted octanol–water partition coefficient (Wildman–Crippen LogP) is 1.89. The van der Waals surface area contributed by atoms with Crippen molar-refractivity contribution >= 4 is 17.6 Å². The van der Waals surface area contributed by atoms with Crippen LogP contribution in [0.2, 0.25) is 5.02 Å².